The van der Waals surface area contributed by atoms with E-state index in [9.17, 15) is 23.2 Å². The molecule has 3 rings (SSSR count). The SMILES string of the molecule is CN(C1CC1)[C@H](C(N)=O)C(=O)Nc1ccc(N2CCOCC2=O)c(C(F)F)c1. The van der Waals surface area contributed by atoms with Crippen LogP contribution in [-0.2, 0) is 19.1 Å². The molecule has 1 atom stereocenters. The maximum atomic E-state index is 13.6. The number of anilines is 2. The number of carbonyl (C=O) groups is 3. The summed E-state index contributed by atoms with van der Waals surface area (Å²) in [6.07, 6.45) is -1.12. The van der Waals surface area contributed by atoms with E-state index in [2.05, 4.69) is 5.32 Å². The molecular weight excluding hydrogens is 374 g/mol. The van der Waals surface area contributed by atoms with Crippen LogP contribution in [0, 0.1) is 0 Å². The first-order valence-corrected chi connectivity index (χ1v) is 8.92. The van der Waals surface area contributed by atoms with E-state index < -0.39 is 30.2 Å². The second kappa shape index (κ2) is 8.19. The number of amides is 3. The summed E-state index contributed by atoms with van der Waals surface area (Å²) in [5, 5.41) is 2.48. The van der Waals surface area contributed by atoms with Gasteiger partial charge in [-0.1, -0.05) is 0 Å². The van der Waals surface area contributed by atoms with Crippen molar-refractivity contribution in [3.05, 3.63) is 23.8 Å². The fourth-order valence-electron chi connectivity index (χ4n) is 3.24. The molecule has 1 aliphatic carbocycles. The van der Waals surface area contributed by atoms with Gasteiger partial charge in [-0.15, -0.1) is 0 Å². The Morgan fingerprint density at radius 2 is 2.07 bits per heavy atom. The van der Waals surface area contributed by atoms with Crippen molar-refractivity contribution in [3.63, 3.8) is 0 Å². The van der Waals surface area contributed by atoms with Gasteiger partial charge in [-0.3, -0.25) is 19.3 Å². The zero-order chi connectivity index (χ0) is 20.4. The van der Waals surface area contributed by atoms with Gasteiger partial charge in [-0.05, 0) is 38.1 Å². The molecule has 1 saturated heterocycles. The molecule has 152 valence electrons. The van der Waals surface area contributed by atoms with E-state index >= 15 is 0 Å². The van der Waals surface area contributed by atoms with Gasteiger partial charge in [0.1, 0.15) is 6.61 Å². The Labute approximate surface area is 160 Å². The maximum absolute atomic E-state index is 13.6. The number of carbonyl (C=O) groups excluding carboxylic acids is 3. The fraction of sp³-hybridized carbons (Fsp3) is 0.500. The maximum Gasteiger partial charge on any atom is 0.265 e. The molecule has 0 unspecified atom stereocenters. The van der Waals surface area contributed by atoms with Crippen LogP contribution in [0.5, 0.6) is 0 Å². The summed E-state index contributed by atoms with van der Waals surface area (Å²) in [5.74, 6) is -1.90. The largest absolute Gasteiger partial charge is 0.370 e. The van der Waals surface area contributed by atoms with E-state index in [-0.39, 0.29) is 42.7 Å². The lowest BCUT2D eigenvalue weighted by atomic mass is 10.1. The molecule has 2 fully saturated rings. The van der Waals surface area contributed by atoms with Gasteiger partial charge in [0.25, 0.3) is 18.2 Å². The lowest BCUT2D eigenvalue weighted by molar-refractivity contribution is -0.132. The summed E-state index contributed by atoms with van der Waals surface area (Å²) >= 11 is 0. The predicted molar refractivity (Wildman–Crippen MR) is 97.0 cm³/mol. The zero-order valence-electron chi connectivity index (χ0n) is 15.4. The van der Waals surface area contributed by atoms with Gasteiger partial charge in [-0.2, -0.15) is 0 Å². The van der Waals surface area contributed by atoms with E-state index in [0.29, 0.717) is 0 Å². The Kier molecular flexibility index (Phi) is 5.90. The minimum absolute atomic E-state index is 0.0721. The highest BCUT2D eigenvalue weighted by Gasteiger charge is 2.38. The van der Waals surface area contributed by atoms with Gasteiger partial charge in [0, 0.05) is 23.8 Å². The number of primary amides is 1. The lowest BCUT2D eigenvalue weighted by Crippen LogP contribution is -2.51. The summed E-state index contributed by atoms with van der Waals surface area (Å²) < 4.78 is 32.2. The van der Waals surface area contributed by atoms with E-state index in [4.69, 9.17) is 10.5 Å². The number of nitrogens with zero attached hydrogens (tertiary/aromatic N) is 2. The van der Waals surface area contributed by atoms with Gasteiger partial charge in [-0.25, -0.2) is 8.78 Å². The molecule has 1 aromatic rings. The normalized spacial score (nSPS) is 18.5. The van der Waals surface area contributed by atoms with Crippen LogP contribution in [0.1, 0.15) is 24.8 Å². The highest BCUT2D eigenvalue weighted by molar-refractivity contribution is 6.09. The van der Waals surface area contributed by atoms with E-state index in [1.54, 1.807) is 11.9 Å². The predicted octanol–water partition coefficient (Wildman–Crippen LogP) is 0.874. The Hall–Kier alpha value is -2.59. The number of nitrogens with two attached hydrogens (primary N) is 1. The average molecular weight is 396 g/mol. The van der Waals surface area contributed by atoms with Crippen molar-refractivity contribution < 1.29 is 27.9 Å². The van der Waals surface area contributed by atoms with Gasteiger partial charge >= 0.3 is 0 Å². The third-order valence-corrected chi connectivity index (χ3v) is 4.85. The van der Waals surface area contributed by atoms with Gasteiger partial charge in [0.05, 0.1) is 12.3 Å². The van der Waals surface area contributed by atoms with Crippen molar-refractivity contribution in [3.8, 4) is 0 Å². The molecule has 0 spiro atoms. The van der Waals surface area contributed by atoms with Gasteiger partial charge in [0.15, 0.2) is 6.04 Å². The van der Waals surface area contributed by atoms with Crippen molar-refractivity contribution in [2.45, 2.75) is 31.4 Å². The second-order valence-corrected chi connectivity index (χ2v) is 6.86. The summed E-state index contributed by atoms with van der Waals surface area (Å²) in [5.41, 5.74) is 5.14. The molecule has 2 aliphatic rings. The minimum atomic E-state index is -2.86. The van der Waals surface area contributed by atoms with Crippen LogP contribution in [-0.4, -0.2) is 61.5 Å². The van der Waals surface area contributed by atoms with E-state index in [0.717, 1.165) is 18.9 Å². The Morgan fingerprint density at radius 3 is 2.64 bits per heavy atom. The summed E-state index contributed by atoms with van der Waals surface area (Å²) in [7, 11) is 1.63. The van der Waals surface area contributed by atoms with Crippen molar-refractivity contribution in [1.82, 2.24) is 4.90 Å². The molecule has 10 heteroatoms. The smallest absolute Gasteiger partial charge is 0.265 e. The minimum Gasteiger partial charge on any atom is -0.370 e. The number of benzene rings is 1. The van der Waals surface area contributed by atoms with E-state index in [1.807, 2.05) is 0 Å². The third kappa shape index (κ3) is 4.28. The summed E-state index contributed by atoms with van der Waals surface area (Å²) in [6, 6.07) is 2.79. The number of nitrogens with one attached hydrogen (secondary N) is 1. The Balaban J connectivity index is 1.82. The second-order valence-electron chi connectivity index (χ2n) is 6.86. The van der Waals surface area contributed by atoms with Crippen molar-refractivity contribution in [2.75, 3.05) is 37.0 Å². The first-order chi connectivity index (χ1) is 13.3. The highest BCUT2D eigenvalue weighted by Crippen LogP contribution is 2.33. The fourth-order valence-corrected chi connectivity index (χ4v) is 3.24. The molecule has 28 heavy (non-hydrogen) atoms. The number of ether oxygens (including phenoxy) is 1. The van der Waals surface area contributed by atoms with Crippen LogP contribution >= 0.6 is 0 Å². The molecule has 0 bridgehead atoms. The monoisotopic (exact) mass is 396 g/mol. The number of rotatable bonds is 7. The van der Waals surface area contributed by atoms with Crippen molar-refractivity contribution in [1.29, 1.82) is 0 Å². The lowest BCUT2D eigenvalue weighted by Gasteiger charge is -2.29. The molecule has 1 saturated carbocycles. The molecule has 3 N–H and O–H groups in total. The van der Waals surface area contributed by atoms with Gasteiger partial charge in [0.2, 0.25) is 5.91 Å². The molecule has 1 aliphatic heterocycles. The Morgan fingerprint density at radius 1 is 1.36 bits per heavy atom. The summed E-state index contributed by atoms with van der Waals surface area (Å²) in [6.45, 7) is 0.246. The molecule has 0 aromatic heterocycles. The average Bonchev–Trinajstić information content (AvgIpc) is 3.47. The van der Waals surface area contributed by atoms with Crippen molar-refractivity contribution >= 4 is 29.1 Å². The molecule has 1 heterocycles. The number of alkyl halides is 2. The molecule has 0 radical (unpaired) electrons. The van der Waals surface area contributed by atoms with Crippen LogP contribution in [0.4, 0.5) is 20.2 Å². The number of hydrogen-bond donors (Lipinski definition) is 2. The van der Waals surface area contributed by atoms with Crippen LogP contribution in [0.3, 0.4) is 0 Å². The van der Waals surface area contributed by atoms with Crippen LogP contribution in [0.2, 0.25) is 0 Å². The standard InChI is InChI=1S/C18H22F2N4O4/c1-23(11-3-4-11)15(17(21)26)18(27)22-10-2-5-13(12(8-10)16(19)20)24-6-7-28-9-14(24)25/h2,5,8,11,15-16H,3-4,6-7,9H2,1H3,(H2,21,26)(H,22,27)/t15-/m1/s1. The van der Waals surface area contributed by atoms with Gasteiger partial charge < -0.3 is 20.7 Å². The molecular formula is C18H22F2N4O4. The topological polar surface area (TPSA) is 105 Å². The number of halogens is 2. The zero-order valence-corrected chi connectivity index (χ0v) is 15.4. The number of morpholine rings is 1. The molecule has 1 aromatic carbocycles. The van der Waals surface area contributed by atoms with Crippen molar-refractivity contribution in [2.24, 2.45) is 5.73 Å². The number of hydrogen-bond acceptors (Lipinski definition) is 5. The molecule has 3 amide bonds. The van der Waals surface area contributed by atoms with E-state index in [1.165, 1.54) is 17.0 Å². The summed E-state index contributed by atoms with van der Waals surface area (Å²) in [4.78, 5) is 39.0. The first kappa shape index (κ1) is 20.2. The molecule has 8 nitrogen and oxygen atoms in total. The Bertz CT molecular complexity index is 785. The highest BCUT2D eigenvalue weighted by atomic mass is 19.3. The van der Waals surface area contributed by atoms with Crippen LogP contribution < -0.4 is 16.0 Å². The van der Waals surface area contributed by atoms with Crippen LogP contribution in [0.15, 0.2) is 18.2 Å². The first-order valence-electron chi connectivity index (χ1n) is 8.92. The quantitative estimate of drug-likeness (QED) is 0.666. The van der Waals surface area contributed by atoms with Crippen LogP contribution in [0.25, 0.3) is 0 Å². The number of likely N-dealkylation sites (N-methyl/N-ethyl adjacent to an activating group) is 1. The third-order valence-electron chi connectivity index (χ3n) is 4.85.